The Morgan fingerprint density at radius 1 is 1.69 bits per heavy atom. The van der Waals surface area contributed by atoms with Crippen molar-refractivity contribution in [1.82, 2.24) is 14.9 Å². The van der Waals surface area contributed by atoms with Crippen molar-refractivity contribution in [2.75, 3.05) is 0 Å². The summed E-state index contributed by atoms with van der Waals surface area (Å²) < 4.78 is 3.48. The number of aromatic nitrogens is 2. The first-order chi connectivity index (χ1) is 6.11. The summed E-state index contributed by atoms with van der Waals surface area (Å²) in [5.41, 5.74) is 0.137. The fourth-order valence-electron chi connectivity index (χ4n) is 0.596. The van der Waals surface area contributed by atoms with Crippen LogP contribution in [0.15, 0.2) is 5.38 Å². The van der Waals surface area contributed by atoms with Crippen molar-refractivity contribution in [3.8, 4) is 0 Å². The van der Waals surface area contributed by atoms with Crippen molar-refractivity contribution in [2.45, 2.75) is 13.0 Å². The highest BCUT2D eigenvalue weighted by Crippen LogP contribution is 1.97. The summed E-state index contributed by atoms with van der Waals surface area (Å²) >= 11 is 1.03. The van der Waals surface area contributed by atoms with Gasteiger partial charge in [0.2, 0.25) is 0 Å². The van der Waals surface area contributed by atoms with Crippen molar-refractivity contribution >= 4 is 23.4 Å². The normalized spacial score (nSPS) is 12.1. The highest BCUT2D eigenvalue weighted by Gasteiger charge is 2.16. The molecule has 1 aromatic rings. The maximum absolute atomic E-state index is 11.2. The molecule has 0 aromatic carbocycles. The smallest absolute Gasteiger partial charge is 0.325 e. The average Bonchev–Trinajstić information content (AvgIpc) is 2.55. The number of amides is 1. The number of carboxylic acid groups (broad SMARTS) is 1. The van der Waals surface area contributed by atoms with Gasteiger partial charge in [-0.3, -0.25) is 9.59 Å². The third kappa shape index (κ3) is 2.48. The Bertz CT molecular complexity index is 311. The molecule has 7 heteroatoms. The van der Waals surface area contributed by atoms with Crippen LogP contribution in [0.1, 0.15) is 17.4 Å². The van der Waals surface area contributed by atoms with Crippen LogP contribution >= 0.6 is 11.5 Å². The predicted octanol–water partition coefficient (Wildman–Crippen LogP) is -0.259. The molecule has 0 radical (unpaired) electrons. The van der Waals surface area contributed by atoms with Gasteiger partial charge in [-0.15, -0.1) is 5.10 Å². The summed E-state index contributed by atoms with van der Waals surface area (Å²) in [5.74, 6) is -1.61. The molecule has 1 heterocycles. The molecule has 1 atom stereocenters. The van der Waals surface area contributed by atoms with Gasteiger partial charge in [0.05, 0.1) is 0 Å². The third-order valence-corrected chi connectivity index (χ3v) is 1.82. The molecule has 1 amide bonds. The fourth-order valence-corrected chi connectivity index (χ4v) is 1.03. The molecule has 1 rings (SSSR count). The SMILES string of the molecule is CC(NC(=O)c1csnn1)C(=O)O. The lowest BCUT2D eigenvalue weighted by Crippen LogP contribution is -2.38. The van der Waals surface area contributed by atoms with Crippen LogP contribution < -0.4 is 5.32 Å². The lowest BCUT2D eigenvalue weighted by Gasteiger charge is -2.06. The van der Waals surface area contributed by atoms with Crippen molar-refractivity contribution in [1.29, 1.82) is 0 Å². The van der Waals surface area contributed by atoms with Crippen LogP contribution in [-0.2, 0) is 4.79 Å². The first-order valence-electron chi connectivity index (χ1n) is 3.42. The first-order valence-corrected chi connectivity index (χ1v) is 4.25. The minimum atomic E-state index is -1.09. The summed E-state index contributed by atoms with van der Waals surface area (Å²) in [7, 11) is 0. The van der Waals surface area contributed by atoms with E-state index in [0.29, 0.717) is 0 Å². The minimum Gasteiger partial charge on any atom is -0.480 e. The van der Waals surface area contributed by atoms with Crippen molar-refractivity contribution < 1.29 is 14.7 Å². The molecule has 6 nitrogen and oxygen atoms in total. The Kier molecular flexibility index (Phi) is 2.91. The Balaban J connectivity index is 2.56. The van der Waals surface area contributed by atoms with Crippen LogP contribution in [0.5, 0.6) is 0 Å². The molecule has 0 aliphatic carbocycles. The molecule has 70 valence electrons. The fraction of sp³-hybridized carbons (Fsp3) is 0.333. The van der Waals surface area contributed by atoms with Crippen LogP contribution in [0.2, 0.25) is 0 Å². The van der Waals surface area contributed by atoms with Crippen LogP contribution in [0.4, 0.5) is 0 Å². The number of carboxylic acids is 1. The Hall–Kier alpha value is -1.50. The summed E-state index contributed by atoms with van der Waals surface area (Å²) in [4.78, 5) is 21.5. The second-order valence-corrected chi connectivity index (χ2v) is 2.93. The van der Waals surface area contributed by atoms with Gasteiger partial charge in [0, 0.05) is 5.38 Å². The summed E-state index contributed by atoms with van der Waals surface area (Å²) in [6, 6.07) is -0.922. The lowest BCUT2D eigenvalue weighted by molar-refractivity contribution is -0.138. The molecule has 0 saturated heterocycles. The van der Waals surface area contributed by atoms with Gasteiger partial charge in [-0.2, -0.15) is 0 Å². The second-order valence-electron chi connectivity index (χ2n) is 2.32. The van der Waals surface area contributed by atoms with Crippen LogP contribution in [0.25, 0.3) is 0 Å². The Morgan fingerprint density at radius 2 is 2.38 bits per heavy atom. The van der Waals surface area contributed by atoms with Gasteiger partial charge in [0.15, 0.2) is 5.69 Å². The largest absolute Gasteiger partial charge is 0.480 e. The second kappa shape index (κ2) is 3.94. The van der Waals surface area contributed by atoms with Gasteiger partial charge in [-0.1, -0.05) is 4.49 Å². The van der Waals surface area contributed by atoms with E-state index in [1.165, 1.54) is 12.3 Å². The molecular weight excluding hydrogens is 194 g/mol. The minimum absolute atomic E-state index is 0.137. The van der Waals surface area contributed by atoms with Gasteiger partial charge in [0.1, 0.15) is 6.04 Å². The van der Waals surface area contributed by atoms with E-state index in [4.69, 9.17) is 5.11 Å². The molecule has 0 aliphatic rings. The van der Waals surface area contributed by atoms with Crippen LogP contribution in [0.3, 0.4) is 0 Å². The monoisotopic (exact) mass is 201 g/mol. The van der Waals surface area contributed by atoms with Gasteiger partial charge in [-0.25, -0.2) is 0 Å². The number of nitrogens with one attached hydrogen (secondary N) is 1. The van der Waals surface area contributed by atoms with Crippen molar-refractivity contribution in [2.24, 2.45) is 0 Å². The topological polar surface area (TPSA) is 92.2 Å². The number of carbonyl (C=O) groups excluding carboxylic acids is 1. The maximum Gasteiger partial charge on any atom is 0.325 e. The Morgan fingerprint density at radius 3 is 2.85 bits per heavy atom. The number of hydrogen-bond donors (Lipinski definition) is 2. The number of carbonyl (C=O) groups is 2. The predicted molar refractivity (Wildman–Crippen MR) is 44.5 cm³/mol. The molecule has 1 unspecified atom stereocenters. The van der Waals surface area contributed by atoms with Crippen molar-refractivity contribution in [3.63, 3.8) is 0 Å². The van der Waals surface area contributed by atoms with Gasteiger partial charge >= 0.3 is 5.97 Å². The number of rotatable bonds is 3. The molecule has 1 aromatic heterocycles. The zero-order valence-electron chi connectivity index (χ0n) is 6.72. The van der Waals surface area contributed by atoms with E-state index >= 15 is 0 Å². The Labute approximate surface area is 77.7 Å². The highest BCUT2D eigenvalue weighted by molar-refractivity contribution is 7.03. The molecule has 0 spiro atoms. The lowest BCUT2D eigenvalue weighted by atomic mass is 10.3. The molecule has 0 saturated carbocycles. The van der Waals surface area contributed by atoms with E-state index < -0.39 is 17.9 Å². The summed E-state index contributed by atoms with van der Waals surface area (Å²) in [6.45, 7) is 1.38. The highest BCUT2D eigenvalue weighted by atomic mass is 32.1. The van der Waals surface area contributed by atoms with E-state index in [9.17, 15) is 9.59 Å². The number of hydrogen-bond acceptors (Lipinski definition) is 5. The van der Waals surface area contributed by atoms with Crippen LogP contribution in [0, 0.1) is 0 Å². The molecule has 0 bridgehead atoms. The molecule has 0 fully saturated rings. The molecule has 0 aliphatic heterocycles. The van der Waals surface area contributed by atoms with E-state index in [1.807, 2.05) is 0 Å². The third-order valence-electron chi connectivity index (χ3n) is 1.31. The van der Waals surface area contributed by atoms with E-state index in [2.05, 4.69) is 14.9 Å². The molecule has 13 heavy (non-hydrogen) atoms. The number of aliphatic carboxylic acids is 1. The quantitative estimate of drug-likeness (QED) is 0.703. The molecule has 2 N–H and O–H groups in total. The number of nitrogens with zero attached hydrogens (tertiary/aromatic N) is 2. The summed E-state index contributed by atoms with van der Waals surface area (Å²) in [6.07, 6.45) is 0. The van der Waals surface area contributed by atoms with Crippen LogP contribution in [-0.4, -0.2) is 32.6 Å². The zero-order valence-corrected chi connectivity index (χ0v) is 7.54. The zero-order chi connectivity index (χ0) is 9.84. The van der Waals surface area contributed by atoms with E-state index in [-0.39, 0.29) is 5.69 Å². The first kappa shape index (κ1) is 9.59. The van der Waals surface area contributed by atoms with Gasteiger partial charge in [0.25, 0.3) is 5.91 Å². The van der Waals surface area contributed by atoms with Crippen molar-refractivity contribution in [3.05, 3.63) is 11.1 Å². The van der Waals surface area contributed by atoms with Gasteiger partial charge in [-0.05, 0) is 18.5 Å². The molecular formula is C6H7N3O3S. The average molecular weight is 201 g/mol. The standard InChI is InChI=1S/C6H7N3O3S/c1-3(6(11)12)7-5(10)4-2-13-9-8-4/h2-3H,1H3,(H,7,10)(H,11,12). The van der Waals surface area contributed by atoms with E-state index in [0.717, 1.165) is 11.5 Å². The van der Waals surface area contributed by atoms with E-state index in [1.54, 1.807) is 0 Å². The summed E-state index contributed by atoms with van der Waals surface area (Å²) in [5, 5.41) is 15.7. The van der Waals surface area contributed by atoms with Gasteiger partial charge < -0.3 is 10.4 Å². The maximum atomic E-state index is 11.2.